The Morgan fingerprint density at radius 1 is 1.28 bits per heavy atom. The number of thiophene rings is 1. The van der Waals surface area contributed by atoms with Crippen LogP contribution in [0.5, 0.6) is 5.75 Å². The molecule has 1 heterocycles. The van der Waals surface area contributed by atoms with E-state index in [1.807, 2.05) is 42.5 Å². The van der Waals surface area contributed by atoms with Crippen molar-refractivity contribution in [1.82, 2.24) is 0 Å². The summed E-state index contributed by atoms with van der Waals surface area (Å²) in [6.07, 6.45) is 3.93. The molecule has 0 aliphatic heterocycles. The van der Waals surface area contributed by atoms with E-state index in [2.05, 4.69) is 0 Å². The van der Waals surface area contributed by atoms with Gasteiger partial charge in [-0.2, -0.15) is 0 Å². The summed E-state index contributed by atoms with van der Waals surface area (Å²) in [6.45, 7) is -0.0467. The van der Waals surface area contributed by atoms with Gasteiger partial charge in [0.1, 0.15) is 5.75 Å². The minimum atomic E-state index is -0.0467. The summed E-state index contributed by atoms with van der Waals surface area (Å²) in [7, 11) is 1.60. The molecule has 4 heteroatoms. The quantitative estimate of drug-likeness (QED) is 0.915. The fraction of sp³-hybridized carbons (Fsp3) is 0.143. The van der Waals surface area contributed by atoms with Crippen LogP contribution in [0.25, 0.3) is 12.2 Å². The summed E-state index contributed by atoms with van der Waals surface area (Å²) in [5.41, 5.74) is 1.74. The van der Waals surface area contributed by atoms with Crippen molar-refractivity contribution in [2.24, 2.45) is 0 Å². The number of benzene rings is 1. The summed E-state index contributed by atoms with van der Waals surface area (Å²) < 4.78 is 5.99. The maximum atomic E-state index is 9.40. The molecule has 0 atom stereocenters. The predicted molar refractivity (Wildman–Crippen MR) is 77.2 cm³/mol. The number of rotatable bonds is 4. The SMILES string of the molecule is COc1cccc(/C=C/c2ccc(Cl)s2)c1CO. The smallest absolute Gasteiger partial charge is 0.124 e. The number of ether oxygens (including phenoxy) is 1. The number of aliphatic hydroxyl groups is 1. The molecule has 0 aliphatic carbocycles. The van der Waals surface area contributed by atoms with Crippen molar-refractivity contribution in [2.75, 3.05) is 7.11 Å². The van der Waals surface area contributed by atoms with Gasteiger partial charge in [0.15, 0.2) is 0 Å². The predicted octanol–water partition coefficient (Wildman–Crippen LogP) is 4.07. The van der Waals surface area contributed by atoms with Gasteiger partial charge in [-0.15, -0.1) is 11.3 Å². The molecule has 0 saturated carbocycles. The molecule has 0 unspecified atom stereocenters. The van der Waals surface area contributed by atoms with Crippen molar-refractivity contribution in [3.05, 3.63) is 50.7 Å². The number of hydrogen-bond acceptors (Lipinski definition) is 3. The van der Waals surface area contributed by atoms with E-state index in [4.69, 9.17) is 16.3 Å². The zero-order valence-corrected chi connectivity index (χ0v) is 11.5. The maximum absolute atomic E-state index is 9.40. The van der Waals surface area contributed by atoms with E-state index < -0.39 is 0 Å². The average Bonchev–Trinajstić information content (AvgIpc) is 2.81. The average molecular weight is 281 g/mol. The fourth-order valence-corrected chi connectivity index (χ4v) is 2.65. The molecule has 0 bridgehead atoms. The Kier molecular flexibility index (Phi) is 4.42. The van der Waals surface area contributed by atoms with E-state index in [1.54, 1.807) is 7.11 Å². The topological polar surface area (TPSA) is 29.5 Å². The monoisotopic (exact) mass is 280 g/mol. The summed E-state index contributed by atoms with van der Waals surface area (Å²) in [5, 5.41) is 9.40. The molecule has 0 amide bonds. The van der Waals surface area contributed by atoms with E-state index in [0.29, 0.717) is 5.75 Å². The van der Waals surface area contributed by atoms with Gasteiger partial charge in [-0.25, -0.2) is 0 Å². The molecule has 0 radical (unpaired) electrons. The fourth-order valence-electron chi connectivity index (χ4n) is 1.69. The molecule has 1 aromatic carbocycles. The Labute approximate surface area is 115 Å². The highest BCUT2D eigenvalue weighted by Gasteiger charge is 2.05. The normalized spacial score (nSPS) is 11.1. The Hall–Kier alpha value is -1.29. The second-order valence-electron chi connectivity index (χ2n) is 3.66. The van der Waals surface area contributed by atoms with Crippen molar-refractivity contribution in [2.45, 2.75) is 6.61 Å². The third-order valence-corrected chi connectivity index (χ3v) is 3.76. The van der Waals surface area contributed by atoms with Gasteiger partial charge in [0.05, 0.1) is 18.1 Å². The number of aliphatic hydroxyl groups excluding tert-OH is 1. The molecule has 1 N–H and O–H groups in total. The van der Waals surface area contributed by atoms with Gasteiger partial charge in [0.25, 0.3) is 0 Å². The molecule has 2 rings (SSSR count). The summed E-state index contributed by atoms with van der Waals surface area (Å²) in [6, 6.07) is 9.51. The lowest BCUT2D eigenvalue weighted by Crippen LogP contribution is -1.94. The van der Waals surface area contributed by atoms with Gasteiger partial charge in [-0.3, -0.25) is 0 Å². The Morgan fingerprint density at radius 2 is 2.11 bits per heavy atom. The third kappa shape index (κ3) is 2.93. The van der Waals surface area contributed by atoms with Gasteiger partial charge in [0.2, 0.25) is 0 Å². The van der Waals surface area contributed by atoms with Crippen LogP contribution < -0.4 is 4.74 Å². The molecule has 0 spiro atoms. The van der Waals surface area contributed by atoms with Gasteiger partial charge in [-0.1, -0.05) is 29.8 Å². The van der Waals surface area contributed by atoms with Crippen LogP contribution >= 0.6 is 22.9 Å². The first-order valence-corrected chi connectivity index (χ1v) is 6.64. The Balaban J connectivity index is 2.31. The number of halogens is 1. The third-order valence-electron chi connectivity index (χ3n) is 2.57. The van der Waals surface area contributed by atoms with Gasteiger partial charge in [-0.05, 0) is 29.8 Å². The van der Waals surface area contributed by atoms with Crippen LogP contribution in [0.4, 0.5) is 0 Å². The molecular weight excluding hydrogens is 268 g/mol. The van der Waals surface area contributed by atoms with E-state index in [9.17, 15) is 5.11 Å². The van der Waals surface area contributed by atoms with Crippen LogP contribution in [0.15, 0.2) is 30.3 Å². The lowest BCUT2D eigenvalue weighted by atomic mass is 10.1. The van der Waals surface area contributed by atoms with Gasteiger partial charge in [0, 0.05) is 10.4 Å². The van der Waals surface area contributed by atoms with Crippen molar-refractivity contribution >= 4 is 35.1 Å². The summed E-state index contributed by atoms with van der Waals surface area (Å²) in [5.74, 6) is 0.698. The molecule has 2 aromatic rings. The highest BCUT2D eigenvalue weighted by Crippen LogP contribution is 2.26. The van der Waals surface area contributed by atoms with E-state index >= 15 is 0 Å². The molecule has 0 saturated heterocycles. The van der Waals surface area contributed by atoms with Gasteiger partial charge >= 0.3 is 0 Å². The van der Waals surface area contributed by atoms with Crippen LogP contribution in [0, 0.1) is 0 Å². The molecular formula is C14H13ClO2S. The number of methoxy groups -OCH3 is 1. The first-order chi connectivity index (χ1) is 8.74. The second-order valence-corrected chi connectivity index (χ2v) is 5.41. The van der Waals surface area contributed by atoms with Crippen LogP contribution in [-0.2, 0) is 6.61 Å². The molecule has 1 aromatic heterocycles. The van der Waals surface area contributed by atoms with Crippen LogP contribution in [0.2, 0.25) is 4.34 Å². The minimum absolute atomic E-state index is 0.0467. The van der Waals surface area contributed by atoms with E-state index in [0.717, 1.165) is 20.3 Å². The Morgan fingerprint density at radius 3 is 2.72 bits per heavy atom. The first-order valence-electron chi connectivity index (χ1n) is 5.44. The minimum Gasteiger partial charge on any atom is -0.496 e. The zero-order chi connectivity index (χ0) is 13.0. The van der Waals surface area contributed by atoms with Crippen molar-refractivity contribution in [3.63, 3.8) is 0 Å². The first kappa shape index (κ1) is 13.1. The molecule has 94 valence electrons. The second kappa shape index (κ2) is 6.05. The van der Waals surface area contributed by atoms with E-state index in [-0.39, 0.29) is 6.61 Å². The zero-order valence-electron chi connectivity index (χ0n) is 9.89. The lowest BCUT2D eigenvalue weighted by molar-refractivity contribution is 0.273. The van der Waals surface area contributed by atoms with E-state index in [1.165, 1.54) is 11.3 Å². The van der Waals surface area contributed by atoms with Gasteiger partial charge < -0.3 is 9.84 Å². The standard InChI is InChI=1S/C14H13ClO2S/c1-17-13-4-2-3-10(12(13)9-16)5-6-11-7-8-14(15)18-11/h2-8,16H,9H2,1H3/b6-5+. The molecule has 0 fully saturated rings. The van der Waals surface area contributed by atoms with Crippen molar-refractivity contribution < 1.29 is 9.84 Å². The summed E-state index contributed by atoms with van der Waals surface area (Å²) >= 11 is 7.39. The van der Waals surface area contributed by atoms with Crippen LogP contribution in [0.1, 0.15) is 16.0 Å². The highest BCUT2D eigenvalue weighted by molar-refractivity contribution is 7.17. The molecule has 0 aliphatic rings. The van der Waals surface area contributed by atoms with Crippen LogP contribution in [-0.4, -0.2) is 12.2 Å². The van der Waals surface area contributed by atoms with Crippen molar-refractivity contribution in [1.29, 1.82) is 0 Å². The summed E-state index contributed by atoms with van der Waals surface area (Å²) in [4.78, 5) is 1.08. The van der Waals surface area contributed by atoms with Crippen molar-refractivity contribution in [3.8, 4) is 5.75 Å². The maximum Gasteiger partial charge on any atom is 0.124 e. The number of hydrogen-bond donors (Lipinski definition) is 1. The van der Waals surface area contributed by atoms with Crippen LogP contribution in [0.3, 0.4) is 0 Å². The largest absolute Gasteiger partial charge is 0.496 e. The lowest BCUT2D eigenvalue weighted by Gasteiger charge is -2.08. The highest BCUT2D eigenvalue weighted by atomic mass is 35.5. The molecule has 18 heavy (non-hydrogen) atoms. The molecule has 2 nitrogen and oxygen atoms in total. The Bertz CT molecular complexity index is 561.